The zero-order chi connectivity index (χ0) is 12.4. The average Bonchev–Trinajstić information content (AvgIpc) is 2.87. The lowest BCUT2D eigenvalue weighted by molar-refractivity contribution is 0.0610. The lowest BCUT2D eigenvalue weighted by Crippen LogP contribution is -2.28. The largest absolute Gasteiger partial charge is 0.472 e. The van der Waals surface area contributed by atoms with E-state index in [2.05, 4.69) is 54.3 Å². The summed E-state index contributed by atoms with van der Waals surface area (Å²) in [7, 11) is 0. The Morgan fingerprint density at radius 2 is 2.28 bits per heavy atom. The van der Waals surface area contributed by atoms with Crippen molar-refractivity contribution >= 4 is 5.57 Å². The topological polar surface area (TPSA) is 12.5 Å². The summed E-state index contributed by atoms with van der Waals surface area (Å²) in [6, 6.07) is 8.49. The minimum Gasteiger partial charge on any atom is -0.472 e. The molecule has 2 heteroatoms. The van der Waals surface area contributed by atoms with Crippen LogP contribution in [-0.4, -0.2) is 11.4 Å². The Labute approximate surface area is 108 Å². The maximum absolute atomic E-state index is 5.66. The molecule has 2 aliphatic rings. The number of benzene rings is 1. The molecule has 0 bridgehead atoms. The first-order valence-electron chi connectivity index (χ1n) is 6.43. The number of hydrogen-bond donors (Lipinski definition) is 0. The molecule has 1 aromatic carbocycles. The summed E-state index contributed by atoms with van der Waals surface area (Å²) in [6.07, 6.45) is 11.5. The van der Waals surface area contributed by atoms with E-state index < -0.39 is 0 Å². The molecule has 0 spiro atoms. The summed E-state index contributed by atoms with van der Waals surface area (Å²) in [5.41, 5.74) is 3.91. The summed E-state index contributed by atoms with van der Waals surface area (Å²) >= 11 is 0. The highest BCUT2D eigenvalue weighted by atomic mass is 16.5. The molecule has 0 aromatic heterocycles. The fraction of sp³-hybridized carbons (Fsp3) is 0.250. The SMILES string of the molecule is CC/C=C\C=C1/CN2C=COC2c2ccccc21. The molecule has 92 valence electrons. The van der Waals surface area contributed by atoms with Crippen LogP contribution < -0.4 is 0 Å². The molecule has 0 N–H and O–H groups in total. The fourth-order valence-electron chi connectivity index (χ4n) is 2.48. The lowest BCUT2D eigenvalue weighted by atomic mass is 9.93. The molecular formula is C16H17NO. The van der Waals surface area contributed by atoms with Crippen LogP contribution in [0.2, 0.25) is 0 Å². The second-order valence-corrected chi connectivity index (χ2v) is 4.56. The van der Waals surface area contributed by atoms with Crippen molar-refractivity contribution < 1.29 is 4.74 Å². The van der Waals surface area contributed by atoms with E-state index in [9.17, 15) is 0 Å². The maximum Gasteiger partial charge on any atom is 0.198 e. The molecule has 0 radical (unpaired) electrons. The van der Waals surface area contributed by atoms with Gasteiger partial charge in [-0.15, -0.1) is 0 Å². The Kier molecular flexibility index (Phi) is 2.93. The fourth-order valence-corrected chi connectivity index (χ4v) is 2.48. The molecule has 1 atom stereocenters. The van der Waals surface area contributed by atoms with Gasteiger partial charge in [-0.2, -0.15) is 0 Å². The molecule has 3 rings (SSSR count). The van der Waals surface area contributed by atoms with Gasteiger partial charge in [-0.1, -0.05) is 49.4 Å². The Morgan fingerprint density at radius 3 is 3.17 bits per heavy atom. The molecule has 2 aliphatic heterocycles. The van der Waals surface area contributed by atoms with E-state index in [-0.39, 0.29) is 6.23 Å². The van der Waals surface area contributed by atoms with Gasteiger partial charge in [0.2, 0.25) is 0 Å². The number of nitrogens with zero attached hydrogens (tertiary/aromatic N) is 1. The second-order valence-electron chi connectivity index (χ2n) is 4.56. The van der Waals surface area contributed by atoms with Crippen LogP contribution in [0.25, 0.3) is 5.57 Å². The number of hydrogen-bond acceptors (Lipinski definition) is 2. The molecular weight excluding hydrogens is 222 g/mol. The molecule has 0 aliphatic carbocycles. The van der Waals surface area contributed by atoms with E-state index in [1.807, 2.05) is 6.20 Å². The molecule has 18 heavy (non-hydrogen) atoms. The zero-order valence-corrected chi connectivity index (χ0v) is 10.5. The van der Waals surface area contributed by atoms with Gasteiger partial charge in [0.15, 0.2) is 6.23 Å². The van der Waals surface area contributed by atoms with Crippen molar-refractivity contribution in [3.8, 4) is 0 Å². The van der Waals surface area contributed by atoms with Gasteiger partial charge >= 0.3 is 0 Å². The van der Waals surface area contributed by atoms with E-state index in [0.717, 1.165) is 13.0 Å². The van der Waals surface area contributed by atoms with E-state index >= 15 is 0 Å². The van der Waals surface area contributed by atoms with Crippen molar-refractivity contribution in [2.75, 3.05) is 6.54 Å². The smallest absolute Gasteiger partial charge is 0.198 e. The third kappa shape index (κ3) is 1.84. The molecule has 0 fully saturated rings. The summed E-state index contributed by atoms with van der Waals surface area (Å²) in [6.45, 7) is 3.06. The first-order chi connectivity index (χ1) is 8.90. The predicted molar refractivity (Wildman–Crippen MR) is 73.5 cm³/mol. The van der Waals surface area contributed by atoms with Gasteiger partial charge in [0.05, 0.1) is 0 Å². The number of rotatable bonds is 2. The first-order valence-corrected chi connectivity index (χ1v) is 6.43. The molecule has 2 heterocycles. The van der Waals surface area contributed by atoms with Crippen LogP contribution in [0.1, 0.15) is 30.7 Å². The maximum atomic E-state index is 5.66. The normalized spacial score (nSPS) is 23.3. The first kappa shape index (κ1) is 11.1. The average molecular weight is 239 g/mol. The van der Waals surface area contributed by atoms with Gasteiger partial charge < -0.3 is 9.64 Å². The number of ether oxygens (including phenoxy) is 1. The highest BCUT2D eigenvalue weighted by Crippen LogP contribution is 2.38. The van der Waals surface area contributed by atoms with Crippen LogP contribution in [0.3, 0.4) is 0 Å². The Balaban J connectivity index is 2.02. The quantitative estimate of drug-likeness (QED) is 0.777. The summed E-state index contributed by atoms with van der Waals surface area (Å²) in [5.74, 6) is 0. The monoisotopic (exact) mass is 239 g/mol. The van der Waals surface area contributed by atoms with Crippen molar-refractivity contribution in [2.24, 2.45) is 0 Å². The van der Waals surface area contributed by atoms with Crippen LogP contribution in [0.15, 0.2) is 55.0 Å². The van der Waals surface area contributed by atoms with Gasteiger partial charge in [-0.05, 0) is 17.6 Å². The van der Waals surface area contributed by atoms with Gasteiger partial charge in [0.25, 0.3) is 0 Å². The molecule has 0 saturated heterocycles. The van der Waals surface area contributed by atoms with Crippen LogP contribution in [0.5, 0.6) is 0 Å². The minimum atomic E-state index is 0.0634. The second kappa shape index (κ2) is 4.73. The molecule has 1 aromatic rings. The van der Waals surface area contributed by atoms with Crippen molar-refractivity contribution in [1.82, 2.24) is 4.90 Å². The number of allylic oxidation sites excluding steroid dienone is 3. The van der Waals surface area contributed by atoms with Gasteiger partial charge in [-0.25, -0.2) is 0 Å². The highest BCUT2D eigenvalue weighted by molar-refractivity contribution is 5.73. The van der Waals surface area contributed by atoms with E-state index in [0.29, 0.717) is 0 Å². The van der Waals surface area contributed by atoms with Crippen molar-refractivity contribution in [3.05, 3.63) is 66.1 Å². The number of fused-ring (bicyclic) bond motifs is 3. The van der Waals surface area contributed by atoms with Crippen LogP contribution >= 0.6 is 0 Å². The molecule has 2 nitrogen and oxygen atoms in total. The highest BCUT2D eigenvalue weighted by Gasteiger charge is 2.30. The van der Waals surface area contributed by atoms with Crippen LogP contribution in [0.4, 0.5) is 0 Å². The van der Waals surface area contributed by atoms with Crippen LogP contribution in [0, 0.1) is 0 Å². The van der Waals surface area contributed by atoms with E-state index in [1.165, 1.54) is 16.7 Å². The zero-order valence-electron chi connectivity index (χ0n) is 10.5. The Morgan fingerprint density at radius 1 is 1.39 bits per heavy atom. The standard InChI is InChI=1S/C16H17NO/c1-2-3-4-7-13-12-17-10-11-18-16(17)15-9-6-5-8-14(13)15/h3-11,16H,2,12H2,1H3/b4-3-,13-7+. The molecule has 1 unspecified atom stereocenters. The van der Waals surface area contributed by atoms with Gasteiger partial charge in [-0.3, -0.25) is 0 Å². The molecule has 0 saturated carbocycles. The van der Waals surface area contributed by atoms with Crippen LogP contribution in [-0.2, 0) is 4.74 Å². The summed E-state index contributed by atoms with van der Waals surface area (Å²) in [4.78, 5) is 2.23. The summed E-state index contributed by atoms with van der Waals surface area (Å²) in [5, 5.41) is 0. The Bertz CT molecular complexity index is 528. The third-order valence-electron chi connectivity index (χ3n) is 3.36. The lowest BCUT2D eigenvalue weighted by Gasteiger charge is -2.32. The summed E-state index contributed by atoms with van der Waals surface area (Å²) < 4.78 is 5.66. The Hall–Kier alpha value is -1.96. The van der Waals surface area contributed by atoms with Gasteiger partial charge in [0.1, 0.15) is 6.26 Å². The molecule has 0 amide bonds. The van der Waals surface area contributed by atoms with Crippen molar-refractivity contribution in [3.63, 3.8) is 0 Å². The van der Waals surface area contributed by atoms with E-state index in [4.69, 9.17) is 4.74 Å². The third-order valence-corrected chi connectivity index (χ3v) is 3.36. The van der Waals surface area contributed by atoms with Crippen molar-refractivity contribution in [1.29, 1.82) is 0 Å². The predicted octanol–water partition coefficient (Wildman–Crippen LogP) is 3.85. The van der Waals surface area contributed by atoms with Gasteiger partial charge in [0, 0.05) is 18.3 Å². The minimum absolute atomic E-state index is 0.0634. The van der Waals surface area contributed by atoms with Crippen molar-refractivity contribution in [2.45, 2.75) is 19.6 Å². The van der Waals surface area contributed by atoms with E-state index in [1.54, 1.807) is 6.26 Å².